The number of imidazole rings is 1. The summed E-state index contributed by atoms with van der Waals surface area (Å²) in [5.41, 5.74) is 2.98. The van der Waals surface area contributed by atoms with Gasteiger partial charge in [-0.25, -0.2) is 9.37 Å². The van der Waals surface area contributed by atoms with Crippen molar-refractivity contribution in [1.82, 2.24) is 9.38 Å². The van der Waals surface area contributed by atoms with Crippen LogP contribution in [0.25, 0.3) is 5.65 Å². The molecule has 0 aliphatic rings. The van der Waals surface area contributed by atoms with Crippen molar-refractivity contribution in [3.63, 3.8) is 0 Å². The van der Waals surface area contributed by atoms with Gasteiger partial charge in [0.15, 0.2) is 0 Å². The summed E-state index contributed by atoms with van der Waals surface area (Å²) < 4.78 is 15.5. The van der Waals surface area contributed by atoms with Crippen LogP contribution in [0.1, 0.15) is 17.8 Å². The first-order valence-electron chi connectivity index (χ1n) is 7.12. The molecule has 0 saturated carbocycles. The van der Waals surface area contributed by atoms with Crippen LogP contribution < -0.4 is 5.32 Å². The first-order valence-corrected chi connectivity index (χ1v) is 7.12. The van der Waals surface area contributed by atoms with Gasteiger partial charge in [0, 0.05) is 18.3 Å². The van der Waals surface area contributed by atoms with Crippen LogP contribution >= 0.6 is 0 Å². The average molecular weight is 297 g/mol. The summed E-state index contributed by atoms with van der Waals surface area (Å²) in [5, 5.41) is 2.60. The quantitative estimate of drug-likeness (QED) is 0.802. The van der Waals surface area contributed by atoms with Crippen molar-refractivity contribution in [2.24, 2.45) is 0 Å². The van der Waals surface area contributed by atoms with E-state index in [0.717, 1.165) is 17.0 Å². The number of pyridine rings is 1. The van der Waals surface area contributed by atoms with Gasteiger partial charge in [-0.3, -0.25) is 4.79 Å². The first-order chi connectivity index (χ1) is 10.6. The predicted octanol–water partition coefficient (Wildman–Crippen LogP) is 3.35. The number of amides is 1. The van der Waals surface area contributed by atoms with Crippen molar-refractivity contribution in [2.45, 2.75) is 19.8 Å². The van der Waals surface area contributed by atoms with E-state index >= 15 is 0 Å². The second-order valence-corrected chi connectivity index (χ2v) is 5.10. The number of rotatable bonds is 4. The zero-order valence-electron chi connectivity index (χ0n) is 12.2. The number of benzene rings is 1. The van der Waals surface area contributed by atoms with Gasteiger partial charge in [0.2, 0.25) is 5.91 Å². The van der Waals surface area contributed by atoms with Crippen molar-refractivity contribution < 1.29 is 9.18 Å². The summed E-state index contributed by atoms with van der Waals surface area (Å²) in [5.74, 6) is -0.641. The Morgan fingerprint density at radius 3 is 2.82 bits per heavy atom. The predicted molar refractivity (Wildman–Crippen MR) is 83.3 cm³/mol. The summed E-state index contributed by atoms with van der Waals surface area (Å²) in [6.45, 7) is 1.93. The Balaban J connectivity index is 1.70. The van der Waals surface area contributed by atoms with Gasteiger partial charge in [0.05, 0.1) is 11.4 Å². The molecule has 0 fully saturated rings. The molecule has 0 bridgehead atoms. The van der Waals surface area contributed by atoms with Crippen molar-refractivity contribution in [2.75, 3.05) is 5.32 Å². The number of fused-ring (bicyclic) bond motifs is 1. The number of hydrogen-bond acceptors (Lipinski definition) is 2. The minimum atomic E-state index is -0.429. The lowest BCUT2D eigenvalue weighted by atomic mass is 10.2. The van der Waals surface area contributed by atoms with Crippen LogP contribution in [0.3, 0.4) is 0 Å². The third kappa shape index (κ3) is 2.83. The van der Waals surface area contributed by atoms with Crippen molar-refractivity contribution >= 4 is 17.2 Å². The lowest BCUT2D eigenvalue weighted by Crippen LogP contribution is -2.14. The monoisotopic (exact) mass is 297 g/mol. The molecule has 112 valence electrons. The number of anilines is 1. The lowest BCUT2D eigenvalue weighted by Gasteiger charge is -2.06. The summed E-state index contributed by atoms with van der Waals surface area (Å²) >= 11 is 0. The van der Waals surface area contributed by atoms with Crippen LogP contribution in [0.4, 0.5) is 10.1 Å². The number of carbonyl (C=O) groups is 1. The standard InChI is InChI=1S/C17H16FN3O/c1-12-15(21-11-5-4-8-16(21)19-12)9-10-17(22)20-14-7-3-2-6-13(14)18/h2-8,11H,9-10H2,1H3,(H,20,22). The summed E-state index contributed by atoms with van der Waals surface area (Å²) in [6, 6.07) is 11.9. The van der Waals surface area contributed by atoms with E-state index in [1.807, 2.05) is 35.7 Å². The topological polar surface area (TPSA) is 46.4 Å². The molecule has 3 rings (SSSR count). The van der Waals surface area contributed by atoms with Crippen molar-refractivity contribution in [1.29, 1.82) is 0 Å². The number of hydrogen-bond donors (Lipinski definition) is 1. The molecule has 1 N–H and O–H groups in total. The molecule has 0 atom stereocenters. The molecule has 2 heterocycles. The number of para-hydroxylation sites is 1. The minimum absolute atomic E-state index is 0.211. The molecular weight excluding hydrogens is 281 g/mol. The molecule has 0 aliphatic carbocycles. The Morgan fingerprint density at radius 2 is 2.00 bits per heavy atom. The molecular formula is C17H16FN3O. The molecule has 0 unspecified atom stereocenters. The zero-order valence-corrected chi connectivity index (χ0v) is 12.2. The first kappa shape index (κ1) is 14.3. The maximum absolute atomic E-state index is 13.5. The second kappa shape index (κ2) is 5.97. The maximum atomic E-state index is 13.5. The highest BCUT2D eigenvalue weighted by Gasteiger charge is 2.11. The van der Waals surface area contributed by atoms with Gasteiger partial charge in [-0.2, -0.15) is 0 Å². The number of halogens is 1. The third-order valence-electron chi connectivity index (χ3n) is 3.57. The number of nitrogens with zero attached hydrogens (tertiary/aromatic N) is 2. The fraction of sp³-hybridized carbons (Fsp3) is 0.176. The van der Waals surface area contributed by atoms with E-state index in [1.165, 1.54) is 6.07 Å². The van der Waals surface area contributed by atoms with E-state index in [-0.39, 0.29) is 18.0 Å². The van der Waals surface area contributed by atoms with Crippen LogP contribution in [0, 0.1) is 12.7 Å². The summed E-state index contributed by atoms with van der Waals surface area (Å²) in [6.07, 6.45) is 2.76. The van der Waals surface area contributed by atoms with Crippen LogP contribution in [-0.4, -0.2) is 15.3 Å². The van der Waals surface area contributed by atoms with Gasteiger partial charge in [-0.1, -0.05) is 18.2 Å². The Labute approximate surface area is 127 Å². The van der Waals surface area contributed by atoms with Crippen LogP contribution in [0.15, 0.2) is 48.7 Å². The van der Waals surface area contributed by atoms with Gasteiger partial charge in [-0.05, 0) is 37.6 Å². The molecule has 0 radical (unpaired) electrons. The number of carbonyl (C=O) groups excluding carboxylic acids is 1. The average Bonchev–Trinajstić information content (AvgIpc) is 2.83. The Kier molecular flexibility index (Phi) is 3.87. The fourth-order valence-electron chi connectivity index (χ4n) is 2.47. The molecule has 22 heavy (non-hydrogen) atoms. The van der Waals surface area contributed by atoms with Gasteiger partial charge in [-0.15, -0.1) is 0 Å². The SMILES string of the molecule is Cc1nc2ccccn2c1CCC(=O)Nc1ccccc1F. The highest BCUT2D eigenvalue weighted by Crippen LogP contribution is 2.16. The minimum Gasteiger partial charge on any atom is -0.324 e. The largest absolute Gasteiger partial charge is 0.324 e. The second-order valence-electron chi connectivity index (χ2n) is 5.10. The van der Waals surface area contributed by atoms with E-state index in [9.17, 15) is 9.18 Å². The lowest BCUT2D eigenvalue weighted by molar-refractivity contribution is -0.116. The van der Waals surface area contributed by atoms with Crippen molar-refractivity contribution in [3.8, 4) is 0 Å². The third-order valence-corrected chi connectivity index (χ3v) is 3.57. The molecule has 1 aromatic carbocycles. The molecule has 5 heteroatoms. The number of nitrogens with one attached hydrogen (secondary N) is 1. The fourth-order valence-corrected chi connectivity index (χ4v) is 2.47. The van der Waals surface area contributed by atoms with Crippen LogP contribution in [0.5, 0.6) is 0 Å². The Bertz CT molecular complexity index is 826. The van der Waals surface area contributed by atoms with Crippen molar-refractivity contribution in [3.05, 3.63) is 65.9 Å². The Morgan fingerprint density at radius 1 is 1.23 bits per heavy atom. The maximum Gasteiger partial charge on any atom is 0.224 e. The Hall–Kier alpha value is -2.69. The molecule has 3 aromatic rings. The van der Waals surface area contributed by atoms with Gasteiger partial charge in [0.1, 0.15) is 11.5 Å². The highest BCUT2D eigenvalue weighted by atomic mass is 19.1. The van der Waals surface area contributed by atoms with E-state index in [4.69, 9.17) is 0 Å². The van der Waals surface area contributed by atoms with E-state index in [2.05, 4.69) is 10.3 Å². The molecule has 1 amide bonds. The van der Waals surface area contributed by atoms with E-state index < -0.39 is 5.82 Å². The molecule has 2 aromatic heterocycles. The zero-order chi connectivity index (χ0) is 15.5. The summed E-state index contributed by atoms with van der Waals surface area (Å²) in [7, 11) is 0. The van der Waals surface area contributed by atoms with Gasteiger partial charge < -0.3 is 9.72 Å². The molecule has 0 spiro atoms. The number of aryl methyl sites for hydroxylation is 2. The van der Waals surface area contributed by atoms with Crippen LogP contribution in [0.2, 0.25) is 0 Å². The van der Waals surface area contributed by atoms with Crippen LogP contribution in [-0.2, 0) is 11.2 Å². The highest BCUT2D eigenvalue weighted by molar-refractivity contribution is 5.90. The van der Waals surface area contributed by atoms with Gasteiger partial charge in [0.25, 0.3) is 0 Å². The summed E-state index contributed by atoms with van der Waals surface area (Å²) in [4.78, 5) is 16.5. The molecule has 0 aliphatic heterocycles. The number of aromatic nitrogens is 2. The normalized spacial score (nSPS) is 10.8. The molecule has 4 nitrogen and oxygen atoms in total. The smallest absolute Gasteiger partial charge is 0.224 e. The molecule has 0 saturated heterocycles. The van der Waals surface area contributed by atoms with Gasteiger partial charge >= 0.3 is 0 Å². The van der Waals surface area contributed by atoms with E-state index in [0.29, 0.717) is 6.42 Å². The van der Waals surface area contributed by atoms with E-state index in [1.54, 1.807) is 18.2 Å².